The highest BCUT2D eigenvalue weighted by Crippen LogP contribution is 2.34. The van der Waals surface area contributed by atoms with E-state index in [4.69, 9.17) is 4.74 Å². The van der Waals surface area contributed by atoms with E-state index in [1.807, 2.05) is 13.8 Å². The summed E-state index contributed by atoms with van der Waals surface area (Å²) in [6.07, 6.45) is 2.12. The van der Waals surface area contributed by atoms with Gasteiger partial charge in [0.2, 0.25) is 0 Å². The fourth-order valence-corrected chi connectivity index (χ4v) is 2.67. The Morgan fingerprint density at radius 2 is 1.62 bits per heavy atom. The molecule has 1 saturated heterocycles. The molecule has 0 unspecified atom stereocenters. The number of benzene rings is 1. The summed E-state index contributed by atoms with van der Waals surface area (Å²) in [6.45, 7) is 11.8. The van der Waals surface area contributed by atoms with E-state index in [-0.39, 0.29) is 0 Å². The first kappa shape index (κ1) is 15.6. The third-order valence-electron chi connectivity index (χ3n) is 3.73. The van der Waals surface area contributed by atoms with E-state index in [1.54, 1.807) is 0 Å². The third-order valence-corrected chi connectivity index (χ3v) is 3.73. The standard InChI is InChI=1S/C16H20N2O.C2H6/c1-12-3-5-14(6-4-12)15-11-17-13(2)16(15)18-7-9-19-10-8-18;1-2/h3-6,11,17H,7-10H2,1-2H3;1-2H3. The molecule has 1 fully saturated rings. The molecule has 0 aliphatic carbocycles. The van der Waals surface area contributed by atoms with Crippen LogP contribution in [0.15, 0.2) is 30.5 Å². The van der Waals surface area contributed by atoms with Crippen LogP contribution in [-0.4, -0.2) is 31.3 Å². The minimum absolute atomic E-state index is 0.817. The van der Waals surface area contributed by atoms with Gasteiger partial charge >= 0.3 is 0 Å². The number of aryl methyl sites for hydroxylation is 2. The minimum Gasteiger partial charge on any atom is -0.378 e. The van der Waals surface area contributed by atoms with Crippen LogP contribution in [0.4, 0.5) is 5.69 Å². The van der Waals surface area contributed by atoms with Gasteiger partial charge in [0.25, 0.3) is 0 Å². The van der Waals surface area contributed by atoms with Crippen molar-refractivity contribution >= 4 is 5.69 Å². The van der Waals surface area contributed by atoms with Crippen molar-refractivity contribution < 1.29 is 4.74 Å². The molecule has 21 heavy (non-hydrogen) atoms. The Morgan fingerprint density at radius 1 is 1.00 bits per heavy atom. The highest BCUT2D eigenvalue weighted by Gasteiger charge is 2.19. The average Bonchev–Trinajstić information content (AvgIpc) is 2.92. The summed E-state index contributed by atoms with van der Waals surface area (Å²) in [5.74, 6) is 0. The van der Waals surface area contributed by atoms with Crippen LogP contribution in [0, 0.1) is 13.8 Å². The molecule has 1 N–H and O–H groups in total. The molecule has 1 aliphatic rings. The Kier molecular flexibility index (Phi) is 5.45. The van der Waals surface area contributed by atoms with E-state index in [0.717, 1.165) is 26.3 Å². The van der Waals surface area contributed by atoms with Crippen molar-refractivity contribution in [1.82, 2.24) is 4.98 Å². The third kappa shape index (κ3) is 3.48. The van der Waals surface area contributed by atoms with Crippen LogP contribution in [0.2, 0.25) is 0 Å². The Labute approximate surface area is 127 Å². The number of morpholine rings is 1. The van der Waals surface area contributed by atoms with Gasteiger partial charge in [-0.1, -0.05) is 43.7 Å². The van der Waals surface area contributed by atoms with Gasteiger partial charge in [0.05, 0.1) is 18.9 Å². The maximum absolute atomic E-state index is 5.45. The van der Waals surface area contributed by atoms with Gasteiger partial charge in [-0.2, -0.15) is 0 Å². The molecule has 1 aromatic heterocycles. The fraction of sp³-hybridized carbons (Fsp3) is 0.444. The zero-order chi connectivity index (χ0) is 15.2. The lowest BCUT2D eigenvalue weighted by Crippen LogP contribution is -2.36. The minimum atomic E-state index is 0.817. The lowest BCUT2D eigenvalue weighted by Gasteiger charge is -2.30. The maximum Gasteiger partial charge on any atom is 0.0655 e. The molecule has 114 valence electrons. The van der Waals surface area contributed by atoms with Crippen molar-refractivity contribution in [2.75, 3.05) is 31.2 Å². The largest absolute Gasteiger partial charge is 0.378 e. The van der Waals surface area contributed by atoms with Crippen molar-refractivity contribution in [1.29, 1.82) is 0 Å². The van der Waals surface area contributed by atoms with Gasteiger partial charge in [0, 0.05) is 30.5 Å². The van der Waals surface area contributed by atoms with Gasteiger partial charge < -0.3 is 14.6 Å². The van der Waals surface area contributed by atoms with E-state index in [2.05, 4.69) is 54.2 Å². The molecular weight excluding hydrogens is 260 g/mol. The quantitative estimate of drug-likeness (QED) is 0.898. The average molecular weight is 286 g/mol. The number of ether oxygens (including phenoxy) is 1. The van der Waals surface area contributed by atoms with E-state index < -0.39 is 0 Å². The van der Waals surface area contributed by atoms with Crippen LogP contribution in [-0.2, 0) is 4.74 Å². The second-order valence-corrected chi connectivity index (χ2v) is 5.14. The second-order valence-electron chi connectivity index (χ2n) is 5.14. The number of aromatic nitrogens is 1. The van der Waals surface area contributed by atoms with Crippen molar-refractivity contribution in [2.45, 2.75) is 27.7 Å². The Bertz CT molecular complexity index is 551. The number of anilines is 1. The van der Waals surface area contributed by atoms with Crippen LogP contribution >= 0.6 is 0 Å². The highest BCUT2D eigenvalue weighted by molar-refractivity contribution is 5.80. The molecule has 0 spiro atoms. The molecule has 2 aromatic rings. The van der Waals surface area contributed by atoms with Gasteiger partial charge in [0.1, 0.15) is 0 Å². The first-order chi connectivity index (χ1) is 10.3. The van der Waals surface area contributed by atoms with Gasteiger partial charge in [-0.15, -0.1) is 0 Å². The second kappa shape index (κ2) is 7.32. The van der Waals surface area contributed by atoms with Crippen molar-refractivity contribution in [2.24, 2.45) is 0 Å². The van der Waals surface area contributed by atoms with Crippen molar-refractivity contribution in [3.05, 3.63) is 41.7 Å². The van der Waals surface area contributed by atoms with Crippen LogP contribution in [0.25, 0.3) is 11.1 Å². The number of hydrogen-bond donors (Lipinski definition) is 1. The molecule has 0 amide bonds. The fourth-order valence-electron chi connectivity index (χ4n) is 2.67. The molecule has 0 radical (unpaired) electrons. The number of aromatic amines is 1. The zero-order valence-corrected chi connectivity index (χ0v) is 13.6. The van der Waals surface area contributed by atoms with Crippen LogP contribution < -0.4 is 4.90 Å². The molecule has 0 saturated carbocycles. The van der Waals surface area contributed by atoms with E-state index in [0.29, 0.717) is 0 Å². The van der Waals surface area contributed by atoms with Gasteiger partial charge in [-0.05, 0) is 19.4 Å². The number of rotatable bonds is 2. The summed E-state index contributed by atoms with van der Waals surface area (Å²) < 4.78 is 5.45. The summed E-state index contributed by atoms with van der Waals surface area (Å²) in [5, 5.41) is 0. The smallest absolute Gasteiger partial charge is 0.0655 e. The van der Waals surface area contributed by atoms with Crippen LogP contribution in [0.5, 0.6) is 0 Å². The molecule has 3 nitrogen and oxygen atoms in total. The predicted octanol–water partition coefficient (Wildman–Crippen LogP) is 4.16. The van der Waals surface area contributed by atoms with Crippen molar-refractivity contribution in [3.8, 4) is 11.1 Å². The molecule has 2 heterocycles. The van der Waals surface area contributed by atoms with Gasteiger partial charge in [-0.3, -0.25) is 0 Å². The normalized spacial score (nSPS) is 14.6. The number of nitrogens with one attached hydrogen (secondary N) is 1. The zero-order valence-electron chi connectivity index (χ0n) is 13.6. The van der Waals surface area contributed by atoms with Crippen LogP contribution in [0.3, 0.4) is 0 Å². The molecular formula is C18H26N2O. The monoisotopic (exact) mass is 286 g/mol. The summed E-state index contributed by atoms with van der Waals surface area (Å²) in [7, 11) is 0. The Hall–Kier alpha value is -1.74. The number of hydrogen-bond acceptors (Lipinski definition) is 2. The highest BCUT2D eigenvalue weighted by atomic mass is 16.5. The predicted molar refractivity (Wildman–Crippen MR) is 90.1 cm³/mol. The van der Waals surface area contributed by atoms with Gasteiger partial charge in [-0.25, -0.2) is 0 Å². The number of nitrogens with zero attached hydrogens (tertiary/aromatic N) is 1. The Morgan fingerprint density at radius 3 is 2.24 bits per heavy atom. The SMILES string of the molecule is CC.Cc1ccc(-c2c[nH]c(C)c2N2CCOCC2)cc1. The first-order valence-corrected chi connectivity index (χ1v) is 7.83. The summed E-state index contributed by atoms with van der Waals surface area (Å²) in [5.41, 5.74) is 6.42. The molecule has 3 heteroatoms. The summed E-state index contributed by atoms with van der Waals surface area (Å²) >= 11 is 0. The van der Waals surface area contributed by atoms with E-state index in [9.17, 15) is 0 Å². The molecule has 1 aliphatic heterocycles. The van der Waals surface area contributed by atoms with Gasteiger partial charge in [0.15, 0.2) is 0 Å². The van der Waals surface area contributed by atoms with E-state index >= 15 is 0 Å². The summed E-state index contributed by atoms with van der Waals surface area (Å²) in [6, 6.07) is 8.73. The topological polar surface area (TPSA) is 28.3 Å². The Balaban J connectivity index is 0.000000774. The summed E-state index contributed by atoms with van der Waals surface area (Å²) in [4.78, 5) is 5.79. The number of H-pyrrole nitrogens is 1. The molecule has 0 bridgehead atoms. The lowest BCUT2D eigenvalue weighted by molar-refractivity contribution is 0.122. The van der Waals surface area contributed by atoms with E-state index in [1.165, 1.54) is 28.1 Å². The molecule has 1 aromatic carbocycles. The molecule has 0 atom stereocenters. The molecule has 3 rings (SSSR count). The van der Waals surface area contributed by atoms with Crippen LogP contribution in [0.1, 0.15) is 25.1 Å². The first-order valence-electron chi connectivity index (χ1n) is 7.83. The lowest BCUT2D eigenvalue weighted by atomic mass is 10.0. The van der Waals surface area contributed by atoms with Crippen molar-refractivity contribution in [3.63, 3.8) is 0 Å². The maximum atomic E-state index is 5.45.